The predicted octanol–water partition coefficient (Wildman–Crippen LogP) is -1.22. The zero-order chi connectivity index (χ0) is 58.5. The molecule has 0 aliphatic heterocycles. The quantitative estimate of drug-likeness (QED) is 0.0166. The summed E-state index contributed by atoms with van der Waals surface area (Å²) in [7, 11) is 0. The number of benzene rings is 2. The first-order valence-electron chi connectivity index (χ1n) is 26.0. The summed E-state index contributed by atoms with van der Waals surface area (Å²) in [5.74, 6) is -6.59. The van der Waals surface area contributed by atoms with Gasteiger partial charge in [0.05, 0.1) is 30.2 Å². The minimum Gasteiger partial charge on any atom is -0.508 e. The van der Waals surface area contributed by atoms with Crippen molar-refractivity contribution in [1.29, 1.82) is 0 Å². The molecule has 0 aliphatic rings. The number of thiocarbonyl (C=S) groups is 1. The molecule has 0 bridgehead atoms. The number of carbonyl (C=O) groups excluding carboxylic acids is 7. The van der Waals surface area contributed by atoms with Crippen molar-refractivity contribution in [2.45, 2.75) is 142 Å². The maximum atomic E-state index is 14.4. The number of guanidine groups is 2. The van der Waals surface area contributed by atoms with Crippen LogP contribution in [-0.2, 0) is 51.2 Å². The molecule has 0 spiro atoms. The van der Waals surface area contributed by atoms with Crippen LogP contribution in [-0.4, -0.2) is 143 Å². The van der Waals surface area contributed by atoms with Crippen LogP contribution in [0.1, 0.15) is 97.6 Å². The molecule has 0 saturated heterocycles. The van der Waals surface area contributed by atoms with Gasteiger partial charge in [-0.05, 0) is 92.4 Å². The first kappa shape index (κ1) is 66.5. The molecular formula is C52H83N15O10S. The molecule has 432 valence electrons. The van der Waals surface area contributed by atoms with Crippen molar-refractivity contribution in [3.63, 3.8) is 0 Å². The fourth-order valence-corrected chi connectivity index (χ4v) is 8.12. The maximum Gasteiger partial charge on any atom is 0.326 e. The number of aromatic hydroxyl groups is 1. The molecule has 7 atom stereocenters. The van der Waals surface area contributed by atoms with Gasteiger partial charge in [-0.15, -0.1) is 0 Å². The Labute approximate surface area is 461 Å². The SMILES string of the molecule is CC(C)C[C@H](NC(=O)[C@H](Cc1ccccc1)NC(=O)CNC(=O)CNC(=O)[C@@H](N)Cc1ccc(O)cc1)C(=O)N[C@@H](CC(C)C)C(=S)N[C@@H](CCCN=C(N)N)C(=O)N[C@H](CC(C)C)C(=O)N[C@@H](CCCN=C(N)N)C(=O)O. The number of nitrogens with one attached hydrogen (secondary N) is 8. The summed E-state index contributed by atoms with van der Waals surface area (Å²) in [6, 6.07) is 7.14. The van der Waals surface area contributed by atoms with E-state index >= 15 is 0 Å². The average Bonchev–Trinajstić information content (AvgIpc) is 3.36. The topological polar surface area (TPSA) is 428 Å². The van der Waals surface area contributed by atoms with Crippen molar-refractivity contribution in [3.8, 4) is 5.75 Å². The van der Waals surface area contributed by atoms with Crippen molar-refractivity contribution in [2.75, 3.05) is 26.2 Å². The van der Waals surface area contributed by atoms with Gasteiger partial charge in [-0.2, -0.15) is 0 Å². The lowest BCUT2D eigenvalue weighted by Crippen LogP contribution is -2.59. The molecular weight excluding hydrogens is 1030 g/mol. The summed E-state index contributed by atoms with van der Waals surface area (Å²) in [5, 5.41) is 41.1. The highest BCUT2D eigenvalue weighted by molar-refractivity contribution is 7.80. The second-order valence-corrected chi connectivity index (χ2v) is 20.7. The number of aliphatic carboxylic acids is 1. The molecule has 26 heteroatoms. The van der Waals surface area contributed by atoms with Crippen LogP contribution in [0, 0.1) is 17.8 Å². The van der Waals surface area contributed by atoms with Crippen LogP contribution in [0.25, 0.3) is 0 Å². The first-order valence-corrected chi connectivity index (χ1v) is 26.4. The number of hydrogen-bond acceptors (Lipinski definition) is 13. The van der Waals surface area contributed by atoms with Gasteiger partial charge in [-0.25, -0.2) is 4.79 Å². The highest BCUT2D eigenvalue weighted by Gasteiger charge is 2.33. The van der Waals surface area contributed by atoms with Gasteiger partial charge in [0.15, 0.2) is 11.9 Å². The smallest absolute Gasteiger partial charge is 0.326 e. The minimum absolute atomic E-state index is 0.00720. The van der Waals surface area contributed by atoms with E-state index in [0.717, 1.165) is 0 Å². The van der Waals surface area contributed by atoms with Gasteiger partial charge in [0.1, 0.15) is 36.0 Å². The molecule has 2 rings (SSSR count). The molecule has 2 aromatic carbocycles. The van der Waals surface area contributed by atoms with Crippen LogP contribution in [0.4, 0.5) is 0 Å². The molecule has 78 heavy (non-hydrogen) atoms. The van der Waals surface area contributed by atoms with E-state index in [2.05, 4.69) is 52.5 Å². The molecule has 0 unspecified atom stereocenters. The highest BCUT2D eigenvalue weighted by Crippen LogP contribution is 2.15. The van der Waals surface area contributed by atoms with Gasteiger partial charge in [-0.1, -0.05) is 96.2 Å². The maximum absolute atomic E-state index is 14.4. The number of carbonyl (C=O) groups is 8. The van der Waals surface area contributed by atoms with Crippen LogP contribution < -0.4 is 71.2 Å². The summed E-state index contributed by atoms with van der Waals surface area (Å²) in [4.78, 5) is 115. The monoisotopic (exact) mass is 1110 g/mol. The Morgan fingerprint density at radius 2 is 0.949 bits per heavy atom. The van der Waals surface area contributed by atoms with E-state index in [4.69, 9.17) is 40.9 Å². The van der Waals surface area contributed by atoms with Gasteiger partial charge in [0.25, 0.3) is 0 Å². The zero-order valence-corrected chi connectivity index (χ0v) is 46.3. The Balaban J connectivity index is 2.31. The molecule has 0 aromatic heterocycles. The molecule has 0 saturated carbocycles. The van der Waals surface area contributed by atoms with Gasteiger partial charge in [-0.3, -0.25) is 43.5 Å². The van der Waals surface area contributed by atoms with E-state index < -0.39 is 103 Å². The molecule has 0 heterocycles. The summed E-state index contributed by atoms with van der Waals surface area (Å²) in [6.45, 7) is 10.4. The first-order chi connectivity index (χ1) is 36.7. The Morgan fingerprint density at radius 3 is 1.45 bits per heavy atom. The fraction of sp³-hybridized carbons (Fsp3) is 0.558. The third-order valence-electron chi connectivity index (χ3n) is 11.7. The number of nitrogens with zero attached hydrogens (tertiary/aromatic N) is 2. The van der Waals surface area contributed by atoms with Crippen LogP contribution >= 0.6 is 12.2 Å². The lowest BCUT2D eigenvalue weighted by molar-refractivity contribution is -0.142. The molecule has 20 N–H and O–H groups in total. The minimum atomic E-state index is -1.30. The summed E-state index contributed by atoms with van der Waals surface area (Å²) >= 11 is 5.91. The molecule has 0 radical (unpaired) electrons. The predicted molar refractivity (Wildman–Crippen MR) is 301 cm³/mol. The number of amides is 7. The number of phenolic OH excluding ortho intramolecular Hbond substituents is 1. The number of rotatable bonds is 35. The Bertz CT molecular complexity index is 2350. The van der Waals surface area contributed by atoms with Crippen molar-refractivity contribution in [3.05, 3.63) is 65.7 Å². The third kappa shape index (κ3) is 27.4. The Kier molecular flexibility index (Phi) is 29.8. The van der Waals surface area contributed by atoms with E-state index in [1.54, 1.807) is 42.5 Å². The average molecular weight is 1110 g/mol. The number of phenols is 1. The third-order valence-corrected chi connectivity index (χ3v) is 12.1. The molecule has 0 fully saturated rings. The number of aliphatic imine (C=N–C) groups is 2. The van der Waals surface area contributed by atoms with Crippen LogP contribution in [0.3, 0.4) is 0 Å². The second-order valence-electron chi connectivity index (χ2n) is 20.2. The fourth-order valence-electron chi connectivity index (χ4n) is 7.83. The number of nitrogens with two attached hydrogens (primary N) is 5. The van der Waals surface area contributed by atoms with E-state index in [0.29, 0.717) is 11.1 Å². The normalized spacial score (nSPS) is 13.7. The van der Waals surface area contributed by atoms with Gasteiger partial charge in [0.2, 0.25) is 41.4 Å². The number of carboxylic acid groups (broad SMARTS) is 1. The molecule has 7 amide bonds. The summed E-state index contributed by atoms with van der Waals surface area (Å²) < 4.78 is 0. The Hall–Kier alpha value is -7.61. The van der Waals surface area contributed by atoms with Gasteiger partial charge >= 0.3 is 5.97 Å². The van der Waals surface area contributed by atoms with Crippen molar-refractivity contribution in [2.24, 2.45) is 56.4 Å². The summed E-state index contributed by atoms with van der Waals surface area (Å²) in [6.07, 6.45) is 1.37. The molecule has 2 aromatic rings. The molecule has 0 aliphatic carbocycles. The lowest BCUT2D eigenvalue weighted by Gasteiger charge is -2.30. The van der Waals surface area contributed by atoms with E-state index in [1.807, 2.05) is 41.5 Å². The van der Waals surface area contributed by atoms with E-state index in [9.17, 15) is 48.6 Å². The van der Waals surface area contributed by atoms with Crippen LogP contribution in [0.2, 0.25) is 0 Å². The van der Waals surface area contributed by atoms with Crippen LogP contribution in [0.5, 0.6) is 5.75 Å². The van der Waals surface area contributed by atoms with Gasteiger partial charge < -0.3 is 81.4 Å². The number of carboxylic acids is 1. The van der Waals surface area contributed by atoms with E-state index in [-0.39, 0.29) is 111 Å². The lowest BCUT2D eigenvalue weighted by atomic mass is 9.99. The largest absolute Gasteiger partial charge is 0.508 e. The van der Waals surface area contributed by atoms with Crippen molar-refractivity contribution in [1.82, 2.24) is 42.5 Å². The zero-order valence-electron chi connectivity index (χ0n) is 45.5. The second kappa shape index (κ2) is 34.9. The molecule has 25 nitrogen and oxygen atoms in total. The standard InChI is InChI=1S/C52H83N15O10S/c1-29(2)22-38(46(73)63-37(50(76)77)15-11-21-59-52(56)57)64-45(72)36(14-10-20-58-51(54)55)67-49(78)41(24-31(5)6)66-47(74)39(23-30(3)4)65-48(75)40(26-32-12-8-7-9-13-32)62-43(70)28-60-42(69)27-61-44(71)35(53)25-33-16-18-34(68)19-17-33/h7-9,12-13,16-19,29-31,35-41,68H,10-11,14-15,20-28,53H2,1-6H3,(H,60,69)(H,61,71)(H,62,70)(H,63,73)(H,64,72)(H,65,75)(H,66,74)(H,67,78)(H,76,77)(H4,54,55,58)(H4,56,57,59)/t35-,36-,37-,38+,39-,40-,41-/m0/s1. The van der Waals surface area contributed by atoms with Gasteiger partial charge in [0, 0.05) is 19.5 Å². The summed E-state index contributed by atoms with van der Waals surface area (Å²) in [5.41, 5.74) is 29.2. The van der Waals surface area contributed by atoms with E-state index in [1.165, 1.54) is 12.1 Å². The Morgan fingerprint density at radius 1 is 0.513 bits per heavy atom. The van der Waals surface area contributed by atoms with Crippen molar-refractivity contribution < 1.29 is 48.6 Å². The van der Waals surface area contributed by atoms with Crippen molar-refractivity contribution >= 4 is 76.4 Å². The van der Waals surface area contributed by atoms with Crippen LogP contribution in [0.15, 0.2) is 64.6 Å². The highest BCUT2D eigenvalue weighted by atomic mass is 32.1. The number of hydrogen-bond donors (Lipinski definition) is 15.